The fraction of sp³-hybridized carbons (Fsp3) is 1.00. The zero-order chi connectivity index (χ0) is 12.7. The van der Waals surface area contributed by atoms with Crippen LogP contribution in [0.25, 0.3) is 0 Å². The molecule has 0 bridgehead atoms. The Morgan fingerprint density at radius 1 is 1.29 bits per heavy atom. The first kappa shape index (κ1) is 1.23. The Kier molecular flexibility index (Phi) is 1.04. The number of aliphatic hydroxyl groups is 2. The van der Waals surface area contributed by atoms with Crippen LogP contribution in [0.3, 0.4) is 0 Å². The minimum atomic E-state index is -3.43. The van der Waals surface area contributed by atoms with E-state index in [0.29, 0.717) is 0 Å². The predicted octanol–water partition coefficient (Wildman–Crippen LogP) is -1.44. The minimum Gasteiger partial charge on any atom is -0.395 e. The number of nitrogens with one attached hydrogen (secondary N) is 1. The molecule has 0 aromatic rings. The van der Waals surface area contributed by atoms with E-state index in [4.69, 9.17) is 21.2 Å². The van der Waals surface area contributed by atoms with Crippen LogP contribution in [0.1, 0.15) is 11.0 Å². The summed E-state index contributed by atoms with van der Waals surface area (Å²) >= 11 is 0. The van der Waals surface area contributed by atoms with Gasteiger partial charge in [-0.15, -0.1) is 0 Å². The first-order valence-corrected chi connectivity index (χ1v) is 1.45. The second kappa shape index (κ2) is 5.88. The molecule has 0 fully saturated rings. The molecule has 0 saturated carbocycles. The van der Waals surface area contributed by atoms with Crippen molar-refractivity contribution in [3.63, 3.8) is 0 Å². The van der Waals surface area contributed by atoms with Gasteiger partial charge < -0.3 is 15.5 Å². The third-order valence-corrected chi connectivity index (χ3v) is 0.237. The minimum absolute atomic E-state index is 1.23. The maximum atomic E-state index is 8.70. The Bertz CT molecular complexity index is 206. The zero-order valence-corrected chi connectivity index (χ0v) is 3.39. The molecule has 3 nitrogen and oxygen atoms in total. The summed E-state index contributed by atoms with van der Waals surface area (Å²) in [7, 11) is 0. The Labute approximate surface area is 54.2 Å². The average Bonchev–Trinajstić information content (AvgIpc) is 1.77. The Balaban J connectivity index is 4.89. The second-order valence-electron chi connectivity index (χ2n) is 0.599. The van der Waals surface area contributed by atoms with Crippen LogP contribution in [0.15, 0.2) is 0 Å². The molecule has 0 aliphatic carbocycles. The quantitative estimate of drug-likeness (QED) is 0.427. The highest BCUT2D eigenvalue weighted by atomic mass is 16.3. The molecular formula is C4H11NO2. The zero-order valence-electron chi connectivity index (χ0n) is 11.4. The van der Waals surface area contributed by atoms with E-state index in [2.05, 4.69) is 0 Å². The van der Waals surface area contributed by atoms with Crippen molar-refractivity contribution >= 4 is 0 Å². The highest BCUT2D eigenvalue weighted by molar-refractivity contribution is 4.39. The molecule has 0 heterocycles. The third-order valence-electron chi connectivity index (χ3n) is 0.237. The molecule has 3 heteroatoms. The summed E-state index contributed by atoms with van der Waals surface area (Å²) < 4.78 is 54.2. The standard InChI is InChI=1S/C4H11NO2/c6-3-1-5-2-4-7/h5-7H,1-4H2/i1T2,2T2,3T2,4T2. The molecule has 44 valence electrons. The van der Waals surface area contributed by atoms with Crippen LogP contribution in [0, 0.1) is 0 Å². The number of hydrogen-bond donors (Lipinski definition) is 3. The third kappa shape index (κ3) is 5.88. The molecule has 0 unspecified atom stereocenters. The van der Waals surface area contributed by atoms with Gasteiger partial charge in [0, 0.05) is 18.5 Å². The lowest BCUT2D eigenvalue weighted by molar-refractivity contribution is 0.267. The van der Waals surface area contributed by atoms with Crippen LogP contribution < -0.4 is 5.32 Å². The van der Waals surface area contributed by atoms with Crippen LogP contribution in [0.4, 0.5) is 0 Å². The second-order valence-corrected chi connectivity index (χ2v) is 0.599. The van der Waals surface area contributed by atoms with Crippen molar-refractivity contribution in [2.75, 3.05) is 26.1 Å². The van der Waals surface area contributed by atoms with Gasteiger partial charge in [-0.1, -0.05) is 0 Å². The average molecular weight is 121 g/mol. The summed E-state index contributed by atoms with van der Waals surface area (Å²) in [5.74, 6) is 0. The van der Waals surface area contributed by atoms with Crippen molar-refractivity contribution in [1.29, 1.82) is 0 Å². The van der Waals surface area contributed by atoms with Gasteiger partial charge in [0.15, 0.2) is 0 Å². The normalized spacial score (nSPS) is 34.6. The Morgan fingerprint density at radius 3 is 2.00 bits per heavy atom. The van der Waals surface area contributed by atoms with Gasteiger partial charge >= 0.3 is 0 Å². The molecule has 0 amide bonds. The fourth-order valence-electron chi connectivity index (χ4n) is 0.0872. The monoisotopic (exact) mass is 121 g/mol. The van der Waals surface area contributed by atoms with Crippen molar-refractivity contribution in [2.45, 2.75) is 0 Å². The number of hydrogen-bond acceptors (Lipinski definition) is 3. The summed E-state index contributed by atoms with van der Waals surface area (Å²) in [4.78, 5) is 0. The molecule has 0 aliphatic heterocycles. The van der Waals surface area contributed by atoms with Crippen LogP contribution in [0.2, 0.25) is 0 Å². The molecule has 7 heavy (non-hydrogen) atoms. The predicted molar refractivity (Wildman–Crippen MR) is 27.0 cm³/mol. The van der Waals surface area contributed by atoms with Gasteiger partial charge in [-0.3, -0.25) is 0 Å². The van der Waals surface area contributed by atoms with Gasteiger partial charge in [-0.2, -0.15) is 0 Å². The molecule has 0 rings (SSSR count). The molecule has 0 aromatic heterocycles. The van der Waals surface area contributed by atoms with Gasteiger partial charge in [0.05, 0.1) is 18.6 Å². The lowest BCUT2D eigenvalue weighted by atomic mass is 10.6. The van der Waals surface area contributed by atoms with Crippen LogP contribution in [0.5, 0.6) is 0 Å². The van der Waals surface area contributed by atoms with E-state index >= 15 is 0 Å². The smallest absolute Gasteiger partial charge is 0.0577 e. The molecule has 3 N–H and O–H groups in total. The van der Waals surface area contributed by atoms with Crippen LogP contribution >= 0.6 is 0 Å². The van der Waals surface area contributed by atoms with Crippen molar-refractivity contribution in [1.82, 2.24) is 5.32 Å². The van der Waals surface area contributed by atoms with E-state index in [-0.39, 0.29) is 0 Å². The summed E-state index contributed by atoms with van der Waals surface area (Å²) in [6, 6.07) is 0. The molecule has 0 atom stereocenters. The van der Waals surface area contributed by atoms with Gasteiger partial charge in [-0.05, 0) is 0 Å². The lowest BCUT2D eigenvalue weighted by Crippen LogP contribution is -2.21. The first-order chi connectivity index (χ1) is 6.21. The van der Waals surface area contributed by atoms with Crippen molar-refractivity contribution in [3.05, 3.63) is 0 Å². The molecule has 0 aromatic carbocycles. The van der Waals surface area contributed by atoms with Gasteiger partial charge in [0.25, 0.3) is 0 Å². The highest BCUT2D eigenvalue weighted by Crippen LogP contribution is 1.54. The molecule has 0 aliphatic rings. The lowest BCUT2D eigenvalue weighted by Gasteiger charge is -1.94. The van der Waals surface area contributed by atoms with E-state index in [1.165, 1.54) is 5.32 Å². The Hall–Kier alpha value is -0.120. The summed E-state index contributed by atoms with van der Waals surface area (Å²) in [5.41, 5.74) is 0. The molecule has 0 saturated heterocycles. The van der Waals surface area contributed by atoms with Crippen molar-refractivity contribution in [2.24, 2.45) is 0 Å². The molecule has 0 radical (unpaired) electrons. The maximum Gasteiger partial charge on any atom is 0.0577 e. The van der Waals surface area contributed by atoms with Crippen molar-refractivity contribution < 1.29 is 21.2 Å². The first-order valence-electron chi connectivity index (χ1n) is 5.45. The fourth-order valence-corrected chi connectivity index (χ4v) is 0.0872. The van der Waals surface area contributed by atoms with E-state index in [1.54, 1.807) is 0 Å². The molecule has 0 spiro atoms. The maximum absolute atomic E-state index is 8.70. The number of rotatable bonds is 4. The van der Waals surface area contributed by atoms with Crippen LogP contribution in [-0.4, -0.2) is 36.3 Å². The van der Waals surface area contributed by atoms with Gasteiger partial charge in [-0.25, -0.2) is 0 Å². The van der Waals surface area contributed by atoms with E-state index in [9.17, 15) is 0 Å². The SMILES string of the molecule is [3H]C([3H])(O)C([3H])([3H])NC([3H])([3H])C([3H])([3H])O. The van der Waals surface area contributed by atoms with Crippen LogP contribution in [-0.2, 0) is 0 Å². The van der Waals surface area contributed by atoms with Crippen molar-refractivity contribution in [3.8, 4) is 0 Å². The summed E-state index contributed by atoms with van der Waals surface area (Å²) in [6.07, 6.45) is 0. The van der Waals surface area contributed by atoms with E-state index in [0.717, 1.165) is 0 Å². The van der Waals surface area contributed by atoms with E-state index in [1.807, 2.05) is 0 Å². The Morgan fingerprint density at radius 2 is 1.71 bits per heavy atom. The summed E-state index contributed by atoms with van der Waals surface area (Å²) in [5, 5.41) is 18.6. The largest absolute Gasteiger partial charge is 0.395 e. The van der Waals surface area contributed by atoms with Gasteiger partial charge in [0.2, 0.25) is 0 Å². The highest BCUT2D eigenvalue weighted by Gasteiger charge is 1.78. The summed E-state index contributed by atoms with van der Waals surface area (Å²) in [6.45, 7) is -13.4. The molecular weight excluding hydrogens is 94.0 g/mol. The van der Waals surface area contributed by atoms with E-state index < -0.39 is 26.1 Å². The van der Waals surface area contributed by atoms with Gasteiger partial charge in [0.1, 0.15) is 0 Å². The topological polar surface area (TPSA) is 52.5 Å².